The largest absolute Gasteiger partial charge is 0.508 e. The Morgan fingerprint density at radius 1 is 1.00 bits per heavy atom. The lowest BCUT2D eigenvalue weighted by Crippen LogP contribution is -2.17. The van der Waals surface area contributed by atoms with Gasteiger partial charge in [-0.3, -0.25) is 4.79 Å². The Balaban J connectivity index is 2.05. The number of rotatable bonds is 3. The summed E-state index contributed by atoms with van der Waals surface area (Å²) in [5, 5.41) is 31.5. The van der Waals surface area contributed by atoms with Crippen molar-refractivity contribution in [3.63, 3.8) is 0 Å². The van der Waals surface area contributed by atoms with Gasteiger partial charge in [-0.15, -0.1) is 0 Å². The Kier molecular flexibility index (Phi) is 3.85. The normalized spacial score (nSPS) is 10.6. The van der Waals surface area contributed by atoms with E-state index in [1.54, 1.807) is 12.1 Å². The topological polar surface area (TPSA) is 102 Å². The number of benzene rings is 2. The van der Waals surface area contributed by atoms with Crippen LogP contribution in [0.4, 0.5) is 0 Å². The molecule has 0 saturated heterocycles. The zero-order valence-corrected chi connectivity index (χ0v) is 10.3. The summed E-state index contributed by atoms with van der Waals surface area (Å²) in [4.78, 5) is 11.7. The predicted octanol–water partition coefficient (Wildman–Crippen LogP) is 1.57. The summed E-state index contributed by atoms with van der Waals surface area (Å²) in [6.07, 6.45) is 1.36. The molecule has 0 saturated carbocycles. The molecule has 0 aliphatic heterocycles. The first kappa shape index (κ1) is 13.4. The van der Waals surface area contributed by atoms with Crippen LogP contribution in [0.5, 0.6) is 17.2 Å². The molecule has 2 aromatic carbocycles. The summed E-state index contributed by atoms with van der Waals surface area (Å²) in [5.74, 6) is -0.912. The van der Waals surface area contributed by atoms with Gasteiger partial charge in [0.25, 0.3) is 5.91 Å². The number of aromatic hydroxyl groups is 3. The second-order valence-electron chi connectivity index (χ2n) is 4.03. The molecule has 0 unspecified atom stereocenters. The monoisotopic (exact) mass is 272 g/mol. The van der Waals surface area contributed by atoms with Crippen LogP contribution in [-0.4, -0.2) is 27.4 Å². The van der Waals surface area contributed by atoms with Crippen molar-refractivity contribution >= 4 is 12.1 Å². The molecule has 4 N–H and O–H groups in total. The van der Waals surface area contributed by atoms with Crippen molar-refractivity contribution in [2.75, 3.05) is 0 Å². The first-order valence-electron chi connectivity index (χ1n) is 5.70. The molecule has 2 aromatic rings. The van der Waals surface area contributed by atoms with Crippen molar-refractivity contribution in [1.82, 2.24) is 5.43 Å². The van der Waals surface area contributed by atoms with Gasteiger partial charge in [0.15, 0.2) is 0 Å². The van der Waals surface area contributed by atoms with Crippen LogP contribution in [0.15, 0.2) is 47.6 Å². The molecule has 0 fully saturated rings. The number of phenolic OH excluding ortho intramolecular Hbond substituents is 3. The molecule has 2 rings (SSSR count). The third kappa shape index (κ3) is 3.49. The Labute approximate surface area is 114 Å². The van der Waals surface area contributed by atoms with E-state index in [1.165, 1.54) is 30.5 Å². The number of hydrogen-bond donors (Lipinski definition) is 4. The summed E-state index contributed by atoms with van der Waals surface area (Å²) in [6, 6.07) is 9.88. The van der Waals surface area contributed by atoms with Crippen LogP contribution in [0.2, 0.25) is 0 Å². The van der Waals surface area contributed by atoms with Gasteiger partial charge in [-0.2, -0.15) is 5.10 Å². The van der Waals surface area contributed by atoms with Crippen molar-refractivity contribution in [3.8, 4) is 17.2 Å². The number of carbonyl (C=O) groups excluding carboxylic acids is 1. The first-order valence-corrected chi connectivity index (χ1v) is 5.70. The molecule has 0 aliphatic rings. The first-order chi connectivity index (χ1) is 9.54. The zero-order chi connectivity index (χ0) is 14.5. The minimum absolute atomic E-state index is 0.0792. The average Bonchev–Trinajstić information content (AvgIpc) is 2.37. The van der Waals surface area contributed by atoms with Crippen molar-refractivity contribution in [1.29, 1.82) is 0 Å². The third-order valence-electron chi connectivity index (χ3n) is 2.41. The summed E-state index contributed by atoms with van der Waals surface area (Å²) in [7, 11) is 0. The maximum atomic E-state index is 11.7. The summed E-state index contributed by atoms with van der Waals surface area (Å²) < 4.78 is 0. The van der Waals surface area contributed by atoms with Gasteiger partial charge in [0, 0.05) is 11.6 Å². The minimum atomic E-state index is -0.576. The molecule has 102 valence electrons. The average molecular weight is 272 g/mol. The predicted molar refractivity (Wildman–Crippen MR) is 72.9 cm³/mol. The number of phenols is 3. The fourth-order valence-electron chi connectivity index (χ4n) is 1.56. The number of hydrogen-bond acceptors (Lipinski definition) is 5. The second kappa shape index (κ2) is 5.75. The molecular weight excluding hydrogens is 260 g/mol. The van der Waals surface area contributed by atoms with E-state index in [9.17, 15) is 20.1 Å². The highest BCUT2D eigenvalue weighted by molar-refractivity contribution is 5.95. The van der Waals surface area contributed by atoms with Gasteiger partial charge in [0.2, 0.25) is 0 Å². The van der Waals surface area contributed by atoms with E-state index < -0.39 is 5.91 Å². The van der Waals surface area contributed by atoms with Gasteiger partial charge in [0.05, 0.1) is 6.21 Å². The Bertz CT molecular complexity index is 648. The van der Waals surface area contributed by atoms with Crippen LogP contribution in [0.1, 0.15) is 15.9 Å². The molecule has 0 aromatic heterocycles. The van der Waals surface area contributed by atoms with Crippen molar-refractivity contribution in [2.24, 2.45) is 5.10 Å². The maximum absolute atomic E-state index is 11.7. The lowest BCUT2D eigenvalue weighted by Gasteiger charge is -2.02. The van der Waals surface area contributed by atoms with Gasteiger partial charge in [-0.1, -0.05) is 12.1 Å². The zero-order valence-electron chi connectivity index (χ0n) is 10.3. The lowest BCUT2D eigenvalue weighted by atomic mass is 10.2. The van der Waals surface area contributed by atoms with E-state index in [1.807, 2.05) is 0 Å². The standard InChI is InChI=1S/C14H12N2O4/c17-11-3-1-2-9(4-11)8-15-16-14(20)10-5-12(18)7-13(19)6-10/h1-8,17-19H,(H,16,20)/b15-8+. The number of amides is 1. The molecule has 0 aliphatic carbocycles. The molecule has 0 heterocycles. The van der Waals surface area contributed by atoms with E-state index in [2.05, 4.69) is 10.5 Å². The smallest absolute Gasteiger partial charge is 0.271 e. The molecular formula is C14H12N2O4. The molecule has 20 heavy (non-hydrogen) atoms. The highest BCUT2D eigenvalue weighted by Gasteiger charge is 2.07. The Hall–Kier alpha value is -3.02. The molecule has 1 amide bonds. The van der Waals surface area contributed by atoms with Crippen molar-refractivity contribution in [2.45, 2.75) is 0 Å². The molecule has 0 radical (unpaired) electrons. The highest BCUT2D eigenvalue weighted by Crippen LogP contribution is 2.20. The van der Waals surface area contributed by atoms with Crippen LogP contribution in [0.3, 0.4) is 0 Å². The fourth-order valence-corrected chi connectivity index (χ4v) is 1.56. The summed E-state index contributed by atoms with van der Waals surface area (Å²) in [6.45, 7) is 0. The van der Waals surface area contributed by atoms with Gasteiger partial charge >= 0.3 is 0 Å². The number of carbonyl (C=O) groups is 1. The lowest BCUT2D eigenvalue weighted by molar-refractivity contribution is 0.0954. The van der Waals surface area contributed by atoms with Crippen molar-refractivity contribution in [3.05, 3.63) is 53.6 Å². The SMILES string of the molecule is O=C(N/N=C/c1cccc(O)c1)c1cc(O)cc(O)c1. The second-order valence-corrected chi connectivity index (χ2v) is 4.03. The van der Waals surface area contributed by atoms with Gasteiger partial charge < -0.3 is 15.3 Å². The molecule has 6 heteroatoms. The minimum Gasteiger partial charge on any atom is -0.508 e. The van der Waals surface area contributed by atoms with Crippen LogP contribution in [-0.2, 0) is 0 Å². The van der Waals surface area contributed by atoms with Gasteiger partial charge in [0.1, 0.15) is 17.2 Å². The van der Waals surface area contributed by atoms with Crippen molar-refractivity contribution < 1.29 is 20.1 Å². The van der Waals surface area contributed by atoms with E-state index in [4.69, 9.17) is 0 Å². The number of hydrazone groups is 1. The van der Waals surface area contributed by atoms with Gasteiger partial charge in [-0.25, -0.2) is 5.43 Å². The van der Waals surface area contributed by atoms with Crippen LogP contribution >= 0.6 is 0 Å². The number of nitrogens with zero attached hydrogens (tertiary/aromatic N) is 1. The maximum Gasteiger partial charge on any atom is 0.271 e. The highest BCUT2D eigenvalue weighted by atomic mass is 16.3. The Morgan fingerprint density at radius 2 is 1.70 bits per heavy atom. The fraction of sp³-hybridized carbons (Fsp3) is 0. The van der Waals surface area contributed by atoms with Crippen LogP contribution < -0.4 is 5.43 Å². The number of nitrogens with one attached hydrogen (secondary N) is 1. The summed E-state index contributed by atoms with van der Waals surface area (Å²) >= 11 is 0. The van der Waals surface area contributed by atoms with E-state index in [0.717, 1.165) is 6.07 Å². The van der Waals surface area contributed by atoms with Crippen LogP contribution in [0, 0.1) is 0 Å². The van der Waals surface area contributed by atoms with E-state index in [0.29, 0.717) is 5.56 Å². The molecule has 6 nitrogen and oxygen atoms in total. The third-order valence-corrected chi connectivity index (χ3v) is 2.41. The van der Waals surface area contributed by atoms with E-state index >= 15 is 0 Å². The molecule has 0 bridgehead atoms. The van der Waals surface area contributed by atoms with E-state index in [-0.39, 0.29) is 22.8 Å². The summed E-state index contributed by atoms with van der Waals surface area (Å²) in [5.41, 5.74) is 2.94. The quantitative estimate of drug-likeness (QED) is 0.503. The molecule has 0 spiro atoms. The van der Waals surface area contributed by atoms with Gasteiger partial charge in [-0.05, 0) is 29.8 Å². The van der Waals surface area contributed by atoms with Crippen LogP contribution in [0.25, 0.3) is 0 Å². The Morgan fingerprint density at radius 3 is 2.35 bits per heavy atom. The molecule has 0 atom stereocenters.